The first-order valence-electron chi connectivity index (χ1n) is 5.12. The summed E-state index contributed by atoms with van der Waals surface area (Å²) in [5, 5.41) is 1.40. The van der Waals surface area contributed by atoms with Crippen LogP contribution >= 0.6 is 27.5 Å². The average molecular weight is 307 g/mol. The van der Waals surface area contributed by atoms with Crippen LogP contribution in [0.15, 0.2) is 12.5 Å². The Hall–Kier alpha value is -0.390. The maximum absolute atomic E-state index is 6.08. The van der Waals surface area contributed by atoms with Gasteiger partial charge in [0.1, 0.15) is 11.3 Å². The Morgan fingerprint density at radius 2 is 2.44 bits per heavy atom. The fourth-order valence-electron chi connectivity index (χ4n) is 1.84. The number of halogens is 2. The average Bonchev–Trinajstić information content (AvgIpc) is 2.28. The monoisotopic (exact) mass is 305 g/mol. The normalized spacial score (nSPS) is 25.8. The molecule has 0 radical (unpaired) electrons. The van der Waals surface area contributed by atoms with Crippen LogP contribution in [0, 0.1) is 0 Å². The zero-order chi connectivity index (χ0) is 11.5. The molecule has 0 saturated carbocycles. The molecule has 0 aromatic carbocycles. The third-order valence-electron chi connectivity index (χ3n) is 2.45. The lowest BCUT2D eigenvalue weighted by atomic mass is 10.2. The number of hydrogen-bond acceptors (Lipinski definition) is 4. The summed E-state index contributed by atoms with van der Waals surface area (Å²) in [5.74, 6) is 0.790. The van der Waals surface area contributed by atoms with E-state index in [2.05, 4.69) is 37.7 Å². The number of morpholine rings is 1. The van der Waals surface area contributed by atoms with Crippen molar-refractivity contribution in [3.05, 3.63) is 17.5 Å². The summed E-state index contributed by atoms with van der Waals surface area (Å²) in [6.45, 7) is 3.66. The lowest BCUT2D eigenvalue weighted by Crippen LogP contribution is -2.47. The fourth-order valence-corrected chi connectivity index (χ4v) is 2.42. The molecular formula is C10H13BrClN3O. The Kier molecular flexibility index (Phi) is 4.00. The molecule has 6 heteroatoms. The highest BCUT2D eigenvalue weighted by Gasteiger charge is 2.26. The van der Waals surface area contributed by atoms with Gasteiger partial charge in [0.15, 0.2) is 5.82 Å². The lowest BCUT2D eigenvalue weighted by Gasteiger charge is -2.37. The molecule has 0 aliphatic carbocycles. The number of nitrogens with zero attached hydrogens (tertiary/aromatic N) is 3. The van der Waals surface area contributed by atoms with Crippen molar-refractivity contribution in [1.29, 1.82) is 0 Å². The van der Waals surface area contributed by atoms with Gasteiger partial charge in [-0.2, -0.15) is 0 Å². The largest absolute Gasteiger partial charge is 0.371 e. The first kappa shape index (κ1) is 12.1. The molecule has 2 atom stereocenters. The van der Waals surface area contributed by atoms with Crippen molar-refractivity contribution in [3.8, 4) is 0 Å². The molecule has 1 aromatic rings. The van der Waals surface area contributed by atoms with Crippen LogP contribution in [0.25, 0.3) is 0 Å². The van der Waals surface area contributed by atoms with Gasteiger partial charge >= 0.3 is 0 Å². The predicted molar refractivity (Wildman–Crippen MR) is 67.4 cm³/mol. The Bertz CT molecular complexity index is 366. The standard InChI is InChI=1S/C10H13BrClN3O/c1-7-4-15(5-8(2-11)16-7)10-9(12)3-13-6-14-10/h3,6-8H,2,4-5H2,1H3. The van der Waals surface area contributed by atoms with Gasteiger partial charge in [0, 0.05) is 18.4 Å². The Labute approximate surface area is 108 Å². The van der Waals surface area contributed by atoms with E-state index >= 15 is 0 Å². The molecular weight excluding hydrogens is 293 g/mol. The van der Waals surface area contributed by atoms with Crippen molar-refractivity contribution >= 4 is 33.3 Å². The smallest absolute Gasteiger partial charge is 0.151 e. The van der Waals surface area contributed by atoms with Crippen molar-refractivity contribution in [2.75, 3.05) is 23.3 Å². The molecule has 1 saturated heterocycles. The van der Waals surface area contributed by atoms with Gasteiger partial charge < -0.3 is 9.64 Å². The molecule has 0 N–H and O–H groups in total. The van der Waals surface area contributed by atoms with Crippen LogP contribution in [0.1, 0.15) is 6.92 Å². The second-order valence-corrected chi connectivity index (χ2v) is 4.88. The second-order valence-electron chi connectivity index (χ2n) is 3.82. The topological polar surface area (TPSA) is 38.2 Å². The minimum absolute atomic E-state index is 0.176. The molecule has 1 aromatic heterocycles. The Morgan fingerprint density at radius 3 is 3.12 bits per heavy atom. The fraction of sp³-hybridized carbons (Fsp3) is 0.600. The van der Waals surface area contributed by atoms with Crippen molar-refractivity contribution in [2.45, 2.75) is 19.1 Å². The van der Waals surface area contributed by atoms with E-state index in [-0.39, 0.29) is 12.2 Å². The van der Waals surface area contributed by atoms with Gasteiger partial charge in [-0.3, -0.25) is 0 Å². The van der Waals surface area contributed by atoms with Crippen LogP contribution in [-0.4, -0.2) is 40.6 Å². The van der Waals surface area contributed by atoms with Gasteiger partial charge in [0.2, 0.25) is 0 Å². The number of anilines is 1. The third-order valence-corrected chi connectivity index (χ3v) is 3.43. The third kappa shape index (κ3) is 2.64. The highest BCUT2D eigenvalue weighted by molar-refractivity contribution is 9.09. The molecule has 0 amide bonds. The van der Waals surface area contributed by atoms with E-state index < -0.39 is 0 Å². The molecule has 2 unspecified atom stereocenters. The van der Waals surface area contributed by atoms with Gasteiger partial charge in [-0.05, 0) is 6.92 Å². The number of ether oxygens (including phenoxy) is 1. The minimum atomic E-state index is 0.176. The van der Waals surface area contributed by atoms with Crippen LogP contribution in [0.4, 0.5) is 5.82 Å². The zero-order valence-electron chi connectivity index (χ0n) is 8.94. The van der Waals surface area contributed by atoms with Gasteiger partial charge in [-0.1, -0.05) is 27.5 Å². The molecule has 88 valence electrons. The maximum Gasteiger partial charge on any atom is 0.151 e. The highest BCUT2D eigenvalue weighted by Crippen LogP contribution is 2.25. The van der Waals surface area contributed by atoms with Gasteiger partial charge in [0.25, 0.3) is 0 Å². The van der Waals surface area contributed by atoms with E-state index in [1.807, 2.05) is 0 Å². The van der Waals surface area contributed by atoms with E-state index in [4.69, 9.17) is 16.3 Å². The van der Waals surface area contributed by atoms with Crippen LogP contribution in [0.2, 0.25) is 5.02 Å². The summed E-state index contributed by atoms with van der Waals surface area (Å²) in [6.07, 6.45) is 3.49. The molecule has 0 bridgehead atoms. The summed E-state index contributed by atoms with van der Waals surface area (Å²) >= 11 is 9.52. The molecule has 16 heavy (non-hydrogen) atoms. The summed E-state index contributed by atoms with van der Waals surface area (Å²) in [7, 11) is 0. The molecule has 1 fully saturated rings. The molecule has 2 heterocycles. The summed E-state index contributed by atoms with van der Waals surface area (Å²) < 4.78 is 5.75. The van der Waals surface area contributed by atoms with Gasteiger partial charge in [-0.25, -0.2) is 9.97 Å². The maximum atomic E-state index is 6.08. The minimum Gasteiger partial charge on any atom is -0.371 e. The van der Waals surface area contributed by atoms with Crippen LogP contribution in [0.5, 0.6) is 0 Å². The second kappa shape index (κ2) is 5.29. The van der Waals surface area contributed by atoms with Gasteiger partial charge in [-0.15, -0.1) is 0 Å². The SMILES string of the molecule is CC1CN(c2ncncc2Cl)CC(CBr)O1. The van der Waals surface area contributed by atoms with E-state index in [1.165, 1.54) is 6.33 Å². The van der Waals surface area contributed by atoms with E-state index in [1.54, 1.807) is 6.20 Å². The lowest BCUT2D eigenvalue weighted by molar-refractivity contribution is -0.00223. The summed E-state index contributed by atoms with van der Waals surface area (Å²) in [4.78, 5) is 10.2. The first-order valence-corrected chi connectivity index (χ1v) is 6.62. The Balaban J connectivity index is 2.17. The van der Waals surface area contributed by atoms with E-state index in [0.29, 0.717) is 5.02 Å². The van der Waals surface area contributed by atoms with Crippen LogP contribution in [-0.2, 0) is 4.74 Å². The Morgan fingerprint density at radius 1 is 1.62 bits per heavy atom. The number of rotatable bonds is 2. The molecule has 4 nitrogen and oxygen atoms in total. The number of hydrogen-bond donors (Lipinski definition) is 0. The quantitative estimate of drug-likeness (QED) is 0.785. The van der Waals surface area contributed by atoms with Crippen LogP contribution < -0.4 is 4.90 Å². The predicted octanol–water partition coefficient (Wildman–Crippen LogP) is 2.12. The number of aromatic nitrogens is 2. The molecule has 1 aliphatic heterocycles. The van der Waals surface area contributed by atoms with Crippen LogP contribution in [0.3, 0.4) is 0 Å². The molecule has 1 aliphatic rings. The molecule has 2 rings (SSSR count). The molecule has 0 spiro atoms. The van der Waals surface area contributed by atoms with Gasteiger partial charge in [0.05, 0.1) is 18.4 Å². The van der Waals surface area contributed by atoms with Crippen molar-refractivity contribution < 1.29 is 4.74 Å². The first-order chi connectivity index (χ1) is 7.70. The number of alkyl halides is 1. The summed E-state index contributed by atoms with van der Waals surface area (Å²) in [6, 6.07) is 0. The highest BCUT2D eigenvalue weighted by atomic mass is 79.9. The van der Waals surface area contributed by atoms with Crippen molar-refractivity contribution in [1.82, 2.24) is 9.97 Å². The van der Waals surface area contributed by atoms with Crippen molar-refractivity contribution in [3.63, 3.8) is 0 Å². The van der Waals surface area contributed by atoms with Crippen molar-refractivity contribution in [2.24, 2.45) is 0 Å². The zero-order valence-corrected chi connectivity index (χ0v) is 11.3. The summed E-state index contributed by atoms with van der Waals surface area (Å²) in [5.41, 5.74) is 0. The van der Waals surface area contributed by atoms with E-state index in [9.17, 15) is 0 Å². The van der Waals surface area contributed by atoms with E-state index in [0.717, 1.165) is 24.2 Å².